The molecule has 1 aliphatic rings. The highest BCUT2D eigenvalue weighted by molar-refractivity contribution is 5.76. The van der Waals surface area contributed by atoms with Crippen LogP contribution in [0.5, 0.6) is 0 Å². The van der Waals surface area contributed by atoms with E-state index in [2.05, 4.69) is 6.92 Å². The second-order valence-corrected chi connectivity index (χ2v) is 5.21. The Hall–Kier alpha value is -1.78. The summed E-state index contributed by atoms with van der Waals surface area (Å²) in [6.07, 6.45) is 4.89. The summed E-state index contributed by atoms with van der Waals surface area (Å²) in [5.41, 5.74) is 5.95. The molecular weight excluding hydrogens is 242 g/mol. The van der Waals surface area contributed by atoms with Crippen molar-refractivity contribution in [3.05, 3.63) is 28.7 Å². The number of pyridine rings is 1. The van der Waals surface area contributed by atoms with Crippen molar-refractivity contribution in [2.24, 2.45) is 5.92 Å². The Labute approximate surface area is 113 Å². The zero-order valence-electron chi connectivity index (χ0n) is 11.3. The SMILES string of the molecule is CCCN(CC1CC1)C(=O)Cn1cc(N)ccc1=O. The molecule has 0 bridgehead atoms. The third kappa shape index (κ3) is 3.84. The molecule has 0 radical (unpaired) electrons. The van der Waals surface area contributed by atoms with E-state index in [1.54, 1.807) is 6.07 Å². The fourth-order valence-electron chi connectivity index (χ4n) is 2.12. The van der Waals surface area contributed by atoms with Gasteiger partial charge in [-0.05, 0) is 31.2 Å². The van der Waals surface area contributed by atoms with E-state index < -0.39 is 0 Å². The van der Waals surface area contributed by atoms with E-state index in [1.807, 2.05) is 4.90 Å². The summed E-state index contributed by atoms with van der Waals surface area (Å²) in [6.45, 7) is 3.71. The first-order valence-corrected chi connectivity index (χ1v) is 6.84. The van der Waals surface area contributed by atoms with Crippen LogP contribution in [0.1, 0.15) is 26.2 Å². The molecule has 0 spiro atoms. The minimum atomic E-state index is -0.189. The summed E-state index contributed by atoms with van der Waals surface area (Å²) in [6, 6.07) is 2.95. The first kappa shape index (κ1) is 13.6. The summed E-state index contributed by atoms with van der Waals surface area (Å²) in [4.78, 5) is 25.8. The normalized spacial score (nSPS) is 14.4. The predicted octanol–water partition coefficient (Wildman–Crippen LogP) is 1.08. The lowest BCUT2D eigenvalue weighted by atomic mass is 10.3. The number of aromatic nitrogens is 1. The number of hydrogen-bond donors (Lipinski definition) is 1. The van der Waals surface area contributed by atoms with Crippen LogP contribution in [-0.2, 0) is 11.3 Å². The van der Waals surface area contributed by atoms with Crippen molar-refractivity contribution >= 4 is 11.6 Å². The zero-order chi connectivity index (χ0) is 13.8. The fourth-order valence-corrected chi connectivity index (χ4v) is 2.12. The van der Waals surface area contributed by atoms with Gasteiger partial charge in [-0.2, -0.15) is 0 Å². The standard InChI is InChI=1S/C14H21N3O2/c1-2-7-16(8-11-3-4-11)14(19)10-17-9-12(15)5-6-13(17)18/h5-6,9,11H,2-4,7-8,10,15H2,1H3. The summed E-state index contributed by atoms with van der Waals surface area (Å²) in [5, 5.41) is 0. The Kier molecular flexibility index (Phi) is 4.24. The molecule has 1 aromatic heterocycles. The highest BCUT2D eigenvalue weighted by Crippen LogP contribution is 2.29. The zero-order valence-corrected chi connectivity index (χ0v) is 11.3. The minimum absolute atomic E-state index is 0.00134. The van der Waals surface area contributed by atoms with Crippen molar-refractivity contribution in [3.63, 3.8) is 0 Å². The lowest BCUT2D eigenvalue weighted by molar-refractivity contribution is -0.132. The predicted molar refractivity (Wildman–Crippen MR) is 74.7 cm³/mol. The highest BCUT2D eigenvalue weighted by atomic mass is 16.2. The second kappa shape index (κ2) is 5.91. The Morgan fingerprint density at radius 2 is 2.21 bits per heavy atom. The number of anilines is 1. The van der Waals surface area contributed by atoms with Crippen LogP contribution in [0.3, 0.4) is 0 Å². The molecule has 1 saturated carbocycles. The van der Waals surface area contributed by atoms with Gasteiger partial charge in [-0.15, -0.1) is 0 Å². The van der Waals surface area contributed by atoms with Gasteiger partial charge in [0.25, 0.3) is 5.56 Å². The van der Waals surface area contributed by atoms with Gasteiger partial charge in [0.2, 0.25) is 5.91 Å². The molecule has 1 aliphatic carbocycles. The molecule has 1 heterocycles. The van der Waals surface area contributed by atoms with Crippen molar-refractivity contribution in [2.75, 3.05) is 18.8 Å². The van der Waals surface area contributed by atoms with Crippen molar-refractivity contribution in [2.45, 2.75) is 32.7 Å². The Bertz CT molecular complexity index is 506. The molecule has 1 amide bonds. The van der Waals surface area contributed by atoms with Crippen LogP contribution in [0, 0.1) is 5.92 Å². The van der Waals surface area contributed by atoms with Crippen LogP contribution < -0.4 is 11.3 Å². The Morgan fingerprint density at radius 1 is 1.47 bits per heavy atom. The summed E-state index contributed by atoms with van der Waals surface area (Å²) >= 11 is 0. The average molecular weight is 263 g/mol. The number of nitrogens with two attached hydrogens (primary N) is 1. The van der Waals surface area contributed by atoms with E-state index in [9.17, 15) is 9.59 Å². The molecule has 2 rings (SSSR count). The van der Waals surface area contributed by atoms with Crippen LogP contribution in [-0.4, -0.2) is 28.5 Å². The van der Waals surface area contributed by atoms with Crippen LogP contribution in [0.4, 0.5) is 5.69 Å². The maximum atomic E-state index is 12.3. The van der Waals surface area contributed by atoms with Gasteiger partial charge in [-0.25, -0.2) is 0 Å². The van der Waals surface area contributed by atoms with Crippen LogP contribution in [0.15, 0.2) is 23.1 Å². The van der Waals surface area contributed by atoms with Gasteiger partial charge < -0.3 is 15.2 Å². The highest BCUT2D eigenvalue weighted by Gasteiger charge is 2.26. The number of carbonyl (C=O) groups excluding carboxylic acids is 1. The molecule has 5 heteroatoms. The number of hydrogen-bond acceptors (Lipinski definition) is 3. The lowest BCUT2D eigenvalue weighted by Gasteiger charge is -2.22. The molecule has 1 aromatic rings. The molecule has 0 unspecified atom stereocenters. The fraction of sp³-hybridized carbons (Fsp3) is 0.571. The van der Waals surface area contributed by atoms with Gasteiger partial charge in [-0.1, -0.05) is 6.92 Å². The molecule has 5 nitrogen and oxygen atoms in total. The molecule has 19 heavy (non-hydrogen) atoms. The van der Waals surface area contributed by atoms with Crippen molar-refractivity contribution < 1.29 is 4.79 Å². The number of rotatable bonds is 6. The smallest absolute Gasteiger partial charge is 0.251 e. The number of nitrogens with zero attached hydrogens (tertiary/aromatic N) is 2. The first-order chi connectivity index (χ1) is 9.10. The minimum Gasteiger partial charge on any atom is -0.398 e. The van der Waals surface area contributed by atoms with Gasteiger partial charge in [0, 0.05) is 31.0 Å². The van der Waals surface area contributed by atoms with E-state index in [1.165, 1.54) is 29.7 Å². The number of nitrogen functional groups attached to an aromatic ring is 1. The average Bonchev–Trinajstić information content (AvgIpc) is 3.17. The summed E-state index contributed by atoms with van der Waals surface area (Å²) < 4.78 is 1.38. The summed E-state index contributed by atoms with van der Waals surface area (Å²) in [7, 11) is 0. The molecule has 1 fully saturated rings. The van der Waals surface area contributed by atoms with E-state index in [4.69, 9.17) is 5.73 Å². The molecule has 0 saturated heterocycles. The second-order valence-electron chi connectivity index (χ2n) is 5.21. The quantitative estimate of drug-likeness (QED) is 0.835. The molecular formula is C14H21N3O2. The molecule has 0 atom stereocenters. The summed E-state index contributed by atoms with van der Waals surface area (Å²) in [5.74, 6) is 0.662. The van der Waals surface area contributed by atoms with Gasteiger partial charge >= 0.3 is 0 Å². The van der Waals surface area contributed by atoms with E-state index in [-0.39, 0.29) is 18.0 Å². The molecule has 0 aromatic carbocycles. The van der Waals surface area contributed by atoms with Crippen LogP contribution >= 0.6 is 0 Å². The van der Waals surface area contributed by atoms with Crippen LogP contribution in [0.2, 0.25) is 0 Å². The maximum Gasteiger partial charge on any atom is 0.251 e. The van der Waals surface area contributed by atoms with Gasteiger partial charge in [0.05, 0.1) is 0 Å². The molecule has 104 valence electrons. The van der Waals surface area contributed by atoms with E-state index in [0.29, 0.717) is 11.6 Å². The lowest BCUT2D eigenvalue weighted by Crippen LogP contribution is -2.38. The maximum absolute atomic E-state index is 12.3. The van der Waals surface area contributed by atoms with Gasteiger partial charge in [-0.3, -0.25) is 9.59 Å². The molecule has 2 N–H and O–H groups in total. The Morgan fingerprint density at radius 3 is 2.84 bits per heavy atom. The molecule has 0 aliphatic heterocycles. The topological polar surface area (TPSA) is 68.3 Å². The Balaban J connectivity index is 2.04. The van der Waals surface area contributed by atoms with Gasteiger partial charge in [0.15, 0.2) is 0 Å². The third-order valence-electron chi connectivity index (χ3n) is 3.33. The largest absolute Gasteiger partial charge is 0.398 e. The van der Waals surface area contributed by atoms with Gasteiger partial charge in [0.1, 0.15) is 6.54 Å². The third-order valence-corrected chi connectivity index (χ3v) is 3.33. The first-order valence-electron chi connectivity index (χ1n) is 6.84. The monoisotopic (exact) mass is 263 g/mol. The van der Waals surface area contributed by atoms with E-state index >= 15 is 0 Å². The van der Waals surface area contributed by atoms with Crippen LogP contribution in [0.25, 0.3) is 0 Å². The number of amides is 1. The van der Waals surface area contributed by atoms with E-state index in [0.717, 1.165) is 19.5 Å². The van der Waals surface area contributed by atoms with Crippen molar-refractivity contribution in [3.8, 4) is 0 Å². The van der Waals surface area contributed by atoms with Crippen molar-refractivity contribution in [1.82, 2.24) is 9.47 Å². The van der Waals surface area contributed by atoms with Crippen molar-refractivity contribution in [1.29, 1.82) is 0 Å². The number of carbonyl (C=O) groups is 1.